The summed E-state index contributed by atoms with van der Waals surface area (Å²) >= 11 is 0. The van der Waals surface area contributed by atoms with Crippen molar-refractivity contribution in [3.63, 3.8) is 0 Å². The number of nitrogens with one attached hydrogen (secondary N) is 1. The number of rotatable bonds is 5. The van der Waals surface area contributed by atoms with Crippen molar-refractivity contribution in [2.24, 2.45) is 5.41 Å². The molecule has 2 aliphatic carbocycles. The molecule has 0 bridgehead atoms. The van der Waals surface area contributed by atoms with Crippen LogP contribution in [0.2, 0.25) is 0 Å². The Kier molecular flexibility index (Phi) is 3.93. The molecule has 0 aliphatic heterocycles. The molecule has 1 heterocycles. The number of carbonyl (C=O) groups is 1. The standard InChI is InChI=1S/C17H25N3O2/c1-16(2,17(22)7-3-4-8-17)11-20-15(21)13-9-18-14(19-10-13)12-5-6-12/h9-10,12,22H,3-8,11H2,1-2H3,(H,20,21). The summed E-state index contributed by atoms with van der Waals surface area (Å²) in [5.74, 6) is 1.17. The average molecular weight is 303 g/mol. The van der Waals surface area contributed by atoms with E-state index in [4.69, 9.17) is 0 Å². The molecule has 0 saturated heterocycles. The summed E-state index contributed by atoms with van der Waals surface area (Å²) in [7, 11) is 0. The molecule has 0 unspecified atom stereocenters. The van der Waals surface area contributed by atoms with Gasteiger partial charge in [-0.1, -0.05) is 26.7 Å². The smallest absolute Gasteiger partial charge is 0.254 e. The van der Waals surface area contributed by atoms with Gasteiger partial charge in [0, 0.05) is 30.3 Å². The van der Waals surface area contributed by atoms with E-state index in [1.54, 1.807) is 12.4 Å². The Labute approximate surface area is 131 Å². The molecule has 5 nitrogen and oxygen atoms in total. The van der Waals surface area contributed by atoms with Crippen LogP contribution in [0, 0.1) is 5.41 Å². The van der Waals surface area contributed by atoms with Gasteiger partial charge in [-0.15, -0.1) is 0 Å². The predicted molar refractivity (Wildman–Crippen MR) is 83.5 cm³/mol. The van der Waals surface area contributed by atoms with Crippen LogP contribution in [0.25, 0.3) is 0 Å². The van der Waals surface area contributed by atoms with E-state index in [1.807, 2.05) is 13.8 Å². The first-order valence-electron chi connectivity index (χ1n) is 8.24. The Balaban J connectivity index is 1.59. The monoisotopic (exact) mass is 303 g/mol. The van der Waals surface area contributed by atoms with Crippen LogP contribution in [0.1, 0.15) is 74.5 Å². The highest BCUT2D eigenvalue weighted by atomic mass is 16.3. The second-order valence-electron chi connectivity index (χ2n) is 7.41. The molecular weight excluding hydrogens is 278 g/mol. The number of nitrogens with zero attached hydrogens (tertiary/aromatic N) is 2. The minimum atomic E-state index is -0.674. The third kappa shape index (κ3) is 3.00. The fourth-order valence-corrected chi connectivity index (χ4v) is 3.21. The number of aliphatic hydroxyl groups is 1. The summed E-state index contributed by atoms with van der Waals surface area (Å²) in [6.07, 6.45) is 9.26. The van der Waals surface area contributed by atoms with Crippen molar-refractivity contribution in [2.45, 2.75) is 63.9 Å². The molecule has 0 radical (unpaired) electrons. The molecule has 2 aliphatic rings. The summed E-state index contributed by atoms with van der Waals surface area (Å²) in [6, 6.07) is 0. The number of hydrogen-bond acceptors (Lipinski definition) is 4. The molecule has 120 valence electrons. The quantitative estimate of drug-likeness (QED) is 0.876. The van der Waals surface area contributed by atoms with Crippen molar-refractivity contribution in [1.82, 2.24) is 15.3 Å². The van der Waals surface area contributed by atoms with E-state index in [1.165, 1.54) is 0 Å². The molecule has 1 amide bonds. The van der Waals surface area contributed by atoms with Crippen molar-refractivity contribution in [3.05, 3.63) is 23.8 Å². The Morgan fingerprint density at radius 1 is 1.32 bits per heavy atom. The highest BCUT2D eigenvalue weighted by Crippen LogP contribution is 2.43. The first-order valence-corrected chi connectivity index (χ1v) is 8.24. The lowest BCUT2D eigenvalue weighted by molar-refractivity contribution is -0.0590. The molecule has 2 saturated carbocycles. The van der Waals surface area contributed by atoms with Gasteiger partial charge in [0.1, 0.15) is 5.82 Å². The van der Waals surface area contributed by atoms with Crippen LogP contribution in [0.3, 0.4) is 0 Å². The van der Waals surface area contributed by atoms with Crippen LogP contribution in [-0.2, 0) is 0 Å². The van der Waals surface area contributed by atoms with E-state index in [9.17, 15) is 9.90 Å². The Morgan fingerprint density at radius 2 is 1.91 bits per heavy atom. The highest BCUT2D eigenvalue weighted by Gasteiger charge is 2.45. The zero-order valence-corrected chi connectivity index (χ0v) is 13.4. The number of aromatic nitrogens is 2. The zero-order chi connectivity index (χ0) is 15.8. The molecule has 3 rings (SSSR count). The lowest BCUT2D eigenvalue weighted by atomic mass is 9.73. The van der Waals surface area contributed by atoms with E-state index < -0.39 is 5.60 Å². The van der Waals surface area contributed by atoms with Crippen molar-refractivity contribution in [3.8, 4) is 0 Å². The predicted octanol–water partition coefficient (Wildman–Crippen LogP) is 2.42. The maximum absolute atomic E-state index is 12.2. The van der Waals surface area contributed by atoms with Gasteiger partial charge < -0.3 is 10.4 Å². The van der Waals surface area contributed by atoms with E-state index in [-0.39, 0.29) is 11.3 Å². The third-order valence-corrected chi connectivity index (χ3v) is 5.26. The summed E-state index contributed by atoms with van der Waals surface area (Å²) in [5.41, 5.74) is -0.528. The highest BCUT2D eigenvalue weighted by molar-refractivity contribution is 5.93. The second-order valence-corrected chi connectivity index (χ2v) is 7.41. The van der Waals surface area contributed by atoms with E-state index in [2.05, 4.69) is 15.3 Å². The number of carbonyl (C=O) groups excluding carboxylic acids is 1. The van der Waals surface area contributed by atoms with Gasteiger partial charge in [-0.25, -0.2) is 9.97 Å². The van der Waals surface area contributed by atoms with Crippen LogP contribution >= 0.6 is 0 Å². The number of hydrogen-bond donors (Lipinski definition) is 2. The van der Waals surface area contributed by atoms with Crippen LogP contribution in [0.4, 0.5) is 0 Å². The summed E-state index contributed by atoms with van der Waals surface area (Å²) in [4.78, 5) is 20.8. The van der Waals surface area contributed by atoms with Crippen molar-refractivity contribution in [1.29, 1.82) is 0 Å². The molecule has 1 aromatic rings. The van der Waals surface area contributed by atoms with E-state index in [0.29, 0.717) is 18.0 Å². The normalized spacial score (nSPS) is 20.9. The Hall–Kier alpha value is -1.49. The molecule has 2 fully saturated rings. The first-order chi connectivity index (χ1) is 10.4. The van der Waals surface area contributed by atoms with Crippen LogP contribution in [0.5, 0.6) is 0 Å². The number of amides is 1. The van der Waals surface area contributed by atoms with Gasteiger partial charge in [0.25, 0.3) is 5.91 Å². The third-order valence-electron chi connectivity index (χ3n) is 5.26. The molecule has 0 atom stereocenters. The molecule has 22 heavy (non-hydrogen) atoms. The molecule has 5 heteroatoms. The maximum atomic E-state index is 12.2. The van der Waals surface area contributed by atoms with Gasteiger partial charge in [-0.3, -0.25) is 4.79 Å². The van der Waals surface area contributed by atoms with Gasteiger partial charge in [-0.2, -0.15) is 0 Å². The lowest BCUT2D eigenvalue weighted by Gasteiger charge is -2.40. The van der Waals surface area contributed by atoms with Crippen LogP contribution in [-0.4, -0.2) is 33.1 Å². The lowest BCUT2D eigenvalue weighted by Crippen LogP contribution is -2.49. The van der Waals surface area contributed by atoms with Crippen LogP contribution in [0.15, 0.2) is 12.4 Å². The summed E-state index contributed by atoms with van der Waals surface area (Å²) in [6.45, 7) is 4.49. The van der Waals surface area contributed by atoms with Crippen LogP contribution < -0.4 is 5.32 Å². The molecule has 0 aromatic carbocycles. The maximum Gasteiger partial charge on any atom is 0.254 e. The van der Waals surface area contributed by atoms with Gasteiger partial charge in [-0.05, 0) is 25.7 Å². The zero-order valence-electron chi connectivity index (χ0n) is 13.4. The van der Waals surface area contributed by atoms with Gasteiger partial charge >= 0.3 is 0 Å². The largest absolute Gasteiger partial charge is 0.389 e. The van der Waals surface area contributed by atoms with Gasteiger partial charge in [0.15, 0.2) is 0 Å². The van der Waals surface area contributed by atoms with Crippen molar-refractivity contribution in [2.75, 3.05) is 6.54 Å². The topological polar surface area (TPSA) is 75.1 Å². The van der Waals surface area contributed by atoms with E-state index >= 15 is 0 Å². The van der Waals surface area contributed by atoms with Gasteiger partial charge in [0.2, 0.25) is 0 Å². The minimum Gasteiger partial charge on any atom is -0.389 e. The Bertz CT molecular complexity index is 544. The Morgan fingerprint density at radius 3 is 2.45 bits per heavy atom. The SMILES string of the molecule is CC(C)(CNC(=O)c1cnc(C2CC2)nc1)C1(O)CCCC1. The molecule has 1 aromatic heterocycles. The fraction of sp³-hybridized carbons (Fsp3) is 0.706. The summed E-state index contributed by atoms with van der Waals surface area (Å²) < 4.78 is 0. The fourth-order valence-electron chi connectivity index (χ4n) is 3.21. The molecular formula is C17H25N3O2. The summed E-state index contributed by atoms with van der Waals surface area (Å²) in [5, 5.41) is 13.7. The first kappa shape index (κ1) is 15.4. The van der Waals surface area contributed by atoms with Crippen molar-refractivity contribution >= 4 is 5.91 Å². The van der Waals surface area contributed by atoms with E-state index in [0.717, 1.165) is 44.3 Å². The average Bonchev–Trinajstić information content (AvgIpc) is 3.26. The van der Waals surface area contributed by atoms with Gasteiger partial charge in [0.05, 0.1) is 11.2 Å². The molecule has 2 N–H and O–H groups in total. The second kappa shape index (κ2) is 5.61. The molecule has 0 spiro atoms. The minimum absolute atomic E-state index is 0.169. The van der Waals surface area contributed by atoms with Crippen molar-refractivity contribution < 1.29 is 9.90 Å².